The molecule has 0 spiro atoms. The molecule has 3 nitrogen and oxygen atoms in total. The van der Waals surface area contributed by atoms with Crippen molar-refractivity contribution in [3.63, 3.8) is 0 Å². The average molecular weight is 321 g/mol. The quantitative estimate of drug-likeness (QED) is 0.873. The largest absolute Gasteiger partial charge is 0.372 e. The number of hydrogen-bond donors (Lipinski definition) is 1. The van der Waals surface area contributed by atoms with Crippen LogP contribution >= 0.6 is 15.9 Å². The van der Waals surface area contributed by atoms with Crippen molar-refractivity contribution in [3.8, 4) is 0 Å². The minimum Gasteiger partial charge on any atom is -0.372 e. The van der Waals surface area contributed by atoms with Crippen molar-refractivity contribution in [3.05, 3.63) is 58.2 Å². The van der Waals surface area contributed by atoms with Crippen molar-refractivity contribution in [2.45, 2.75) is 20.1 Å². The second-order valence-electron chi connectivity index (χ2n) is 4.16. The summed E-state index contributed by atoms with van der Waals surface area (Å²) in [5, 5.41) is 3.19. The molecule has 0 aliphatic carbocycles. The Labute approximate surface area is 122 Å². The van der Waals surface area contributed by atoms with Gasteiger partial charge in [0.1, 0.15) is 5.82 Å². The van der Waals surface area contributed by atoms with Crippen LogP contribution in [0.15, 0.2) is 47.1 Å². The van der Waals surface area contributed by atoms with Crippen LogP contribution in [0.4, 0.5) is 5.82 Å². The van der Waals surface area contributed by atoms with Crippen molar-refractivity contribution < 1.29 is 4.74 Å². The summed E-state index contributed by atoms with van der Waals surface area (Å²) < 4.78 is 6.82. The van der Waals surface area contributed by atoms with Gasteiger partial charge in [-0.3, -0.25) is 0 Å². The summed E-state index contributed by atoms with van der Waals surface area (Å²) >= 11 is 3.51. The lowest BCUT2D eigenvalue weighted by Crippen LogP contribution is -2.01. The molecule has 0 saturated heterocycles. The van der Waals surface area contributed by atoms with Gasteiger partial charge in [-0.25, -0.2) is 4.98 Å². The fraction of sp³-hybridized carbons (Fsp3) is 0.267. The standard InChI is InChI=1S/C15H17BrN2O/c1-2-17-15-9-12(7-8-18-15)10-19-11-13-5-3-4-6-14(13)16/h3-9H,2,10-11H2,1H3,(H,17,18). The van der Waals surface area contributed by atoms with Gasteiger partial charge < -0.3 is 10.1 Å². The number of pyridine rings is 1. The minimum absolute atomic E-state index is 0.586. The molecule has 100 valence electrons. The van der Waals surface area contributed by atoms with Crippen LogP contribution in [0.1, 0.15) is 18.1 Å². The zero-order valence-electron chi connectivity index (χ0n) is 10.9. The fourth-order valence-electron chi connectivity index (χ4n) is 1.74. The number of aromatic nitrogens is 1. The summed E-state index contributed by atoms with van der Waals surface area (Å²) in [6, 6.07) is 12.1. The first-order chi connectivity index (χ1) is 9.29. The van der Waals surface area contributed by atoms with Crippen molar-refractivity contribution in [1.29, 1.82) is 0 Å². The predicted octanol–water partition coefficient (Wildman–Crippen LogP) is 3.99. The highest BCUT2D eigenvalue weighted by atomic mass is 79.9. The second-order valence-corrected chi connectivity index (χ2v) is 5.02. The SMILES string of the molecule is CCNc1cc(COCc2ccccc2Br)ccn1. The van der Waals surface area contributed by atoms with Crippen molar-refractivity contribution >= 4 is 21.7 Å². The van der Waals surface area contributed by atoms with Crippen LogP contribution in [0.25, 0.3) is 0 Å². The number of hydrogen-bond acceptors (Lipinski definition) is 3. The maximum absolute atomic E-state index is 5.73. The molecule has 0 aliphatic heterocycles. The highest BCUT2D eigenvalue weighted by Gasteiger charge is 2.00. The molecule has 4 heteroatoms. The number of anilines is 1. The first-order valence-corrected chi connectivity index (χ1v) is 7.09. The van der Waals surface area contributed by atoms with Crippen molar-refractivity contribution in [2.75, 3.05) is 11.9 Å². The van der Waals surface area contributed by atoms with Crippen LogP contribution in [-0.2, 0) is 18.0 Å². The molecule has 2 rings (SSSR count). The van der Waals surface area contributed by atoms with E-state index in [9.17, 15) is 0 Å². The average Bonchev–Trinajstić information content (AvgIpc) is 2.42. The molecule has 1 aromatic carbocycles. The Morgan fingerprint density at radius 3 is 2.84 bits per heavy atom. The topological polar surface area (TPSA) is 34.1 Å². The molecule has 19 heavy (non-hydrogen) atoms. The maximum atomic E-state index is 5.73. The van der Waals surface area contributed by atoms with E-state index in [1.165, 1.54) is 0 Å². The lowest BCUT2D eigenvalue weighted by Gasteiger charge is -2.08. The van der Waals surface area contributed by atoms with E-state index in [0.29, 0.717) is 13.2 Å². The summed E-state index contributed by atoms with van der Waals surface area (Å²) in [5.74, 6) is 0.893. The van der Waals surface area contributed by atoms with Gasteiger partial charge in [0.2, 0.25) is 0 Å². The third-order valence-electron chi connectivity index (χ3n) is 2.67. The number of nitrogens with zero attached hydrogens (tertiary/aromatic N) is 1. The molecule has 1 aromatic heterocycles. The molecule has 0 fully saturated rings. The van der Waals surface area contributed by atoms with Crippen molar-refractivity contribution in [1.82, 2.24) is 4.98 Å². The lowest BCUT2D eigenvalue weighted by atomic mass is 10.2. The number of halogens is 1. The summed E-state index contributed by atoms with van der Waals surface area (Å²) in [6.07, 6.45) is 1.80. The molecule has 0 unspecified atom stereocenters. The third kappa shape index (κ3) is 4.33. The first kappa shape index (κ1) is 14.0. The van der Waals surface area contributed by atoms with Gasteiger partial charge in [0, 0.05) is 17.2 Å². The van der Waals surface area contributed by atoms with E-state index < -0.39 is 0 Å². The Morgan fingerprint density at radius 2 is 2.05 bits per heavy atom. The molecule has 2 aromatic rings. The van der Waals surface area contributed by atoms with E-state index >= 15 is 0 Å². The Morgan fingerprint density at radius 1 is 1.21 bits per heavy atom. The Kier molecular flexibility index (Phi) is 5.36. The van der Waals surface area contributed by atoms with E-state index in [0.717, 1.165) is 28.0 Å². The minimum atomic E-state index is 0.586. The highest BCUT2D eigenvalue weighted by Crippen LogP contribution is 2.17. The summed E-state index contributed by atoms with van der Waals surface area (Å²) in [5.41, 5.74) is 2.28. The van der Waals surface area contributed by atoms with Gasteiger partial charge in [-0.15, -0.1) is 0 Å². The zero-order chi connectivity index (χ0) is 13.5. The molecule has 0 bridgehead atoms. The second kappa shape index (κ2) is 7.26. The van der Waals surface area contributed by atoms with Gasteiger partial charge in [0.25, 0.3) is 0 Å². The van der Waals surface area contributed by atoms with Gasteiger partial charge in [-0.05, 0) is 36.2 Å². The van der Waals surface area contributed by atoms with Crippen LogP contribution in [0.3, 0.4) is 0 Å². The monoisotopic (exact) mass is 320 g/mol. The summed E-state index contributed by atoms with van der Waals surface area (Å²) in [4.78, 5) is 4.24. The smallest absolute Gasteiger partial charge is 0.126 e. The third-order valence-corrected chi connectivity index (χ3v) is 3.44. The van der Waals surface area contributed by atoms with Crippen LogP contribution in [0.2, 0.25) is 0 Å². The number of benzene rings is 1. The Bertz CT molecular complexity index is 531. The van der Waals surface area contributed by atoms with Gasteiger partial charge in [0.05, 0.1) is 13.2 Å². The van der Waals surface area contributed by atoms with Crippen LogP contribution in [0, 0.1) is 0 Å². The molecular weight excluding hydrogens is 304 g/mol. The molecular formula is C15H17BrN2O. The molecule has 0 saturated carbocycles. The van der Waals surface area contributed by atoms with E-state index in [4.69, 9.17) is 4.74 Å². The van der Waals surface area contributed by atoms with Gasteiger partial charge in [0.15, 0.2) is 0 Å². The van der Waals surface area contributed by atoms with Crippen LogP contribution in [0.5, 0.6) is 0 Å². The Hall–Kier alpha value is -1.39. The van der Waals surface area contributed by atoms with E-state index in [1.807, 2.05) is 30.3 Å². The molecule has 0 aliphatic rings. The highest BCUT2D eigenvalue weighted by molar-refractivity contribution is 9.10. The number of nitrogens with one attached hydrogen (secondary N) is 1. The molecule has 1 heterocycles. The number of ether oxygens (including phenoxy) is 1. The van der Waals surface area contributed by atoms with Gasteiger partial charge in [-0.2, -0.15) is 0 Å². The maximum Gasteiger partial charge on any atom is 0.126 e. The normalized spacial score (nSPS) is 10.4. The fourth-order valence-corrected chi connectivity index (χ4v) is 2.14. The van der Waals surface area contributed by atoms with Crippen LogP contribution < -0.4 is 5.32 Å². The molecule has 0 radical (unpaired) electrons. The van der Waals surface area contributed by atoms with Gasteiger partial charge in [-0.1, -0.05) is 34.1 Å². The van der Waals surface area contributed by atoms with Gasteiger partial charge >= 0.3 is 0 Å². The first-order valence-electron chi connectivity index (χ1n) is 6.29. The number of rotatable bonds is 6. The van der Waals surface area contributed by atoms with Crippen LogP contribution in [-0.4, -0.2) is 11.5 Å². The zero-order valence-corrected chi connectivity index (χ0v) is 12.5. The summed E-state index contributed by atoms with van der Waals surface area (Å²) in [6.45, 7) is 4.11. The lowest BCUT2D eigenvalue weighted by molar-refractivity contribution is 0.107. The summed E-state index contributed by atoms with van der Waals surface area (Å²) in [7, 11) is 0. The molecule has 1 N–H and O–H groups in total. The molecule has 0 atom stereocenters. The van der Waals surface area contributed by atoms with Crippen molar-refractivity contribution in [2.24, 2.45) is 0 Å². The van der Waals surface area contributed by atoms with E-state index in [1.54, 1.807) is 6.20 Å². The predicted molar refractivity (Wildman–Crippen MR) is 81.0 cm³/mol. The van der Waals surface area contributed by atoms with E-state index in [-0.39, 0.29) is 0 Å². The Balaban J connectivity index is 1.89. The molecule has 0 amide bonds. The van der Waals surface area contributed by atoms with E-state index in [2.05, 4.69) is 39.2 Å².